The number of benzene rings is 1. The molecule has 0 saturated carbocycles. The first-order valence-electron chi connectivity index (χ1n) is 8.23. The highest BCUT2D eigenvalue weighted by Gasteiger charge is 2.10. The molecule has 3 rings (SSSR count). The minimum Gasteiger partial charge on any atom is -0.357 e. The normalized spacial score (nSPS) is 10.6. The second-order valence-corrected chi connectivity index (χ2v) is 8.80. The Kier molecular flexibility index (Phi) is 6.97. The summed E-state index contributed by atoms with van der Waals surface area (Å²) in [4.78, 5) is 16.7. The lowest BCUT2D eigenvalue weighted by Gasteiger charge is -2.04. The number of aromatic nitrogens is 3. The van der Waals surface area contributed by atoms with Crippen LogP contribution in [0.3, 0.4) is 0 Å². The van der Waals surface area contributed by atoms with Gasteiger partial charge in [0.05, 0.1) is 12.1 Å². The third-order valence-electron chi connectivity index (χ3n) is 3.39. The second-order valence-electron chi connectivity index (χ2n) is 5.65. The molecule has 3 aromatic rings. The van der Waals surface area contributed by atoms with Gasteiger partial charge in [-0.15, -0.1) is 28.1 Å². The van der Waals surface area contributed by atoms with Gasteiger partial charge in [0, 0.05) is 23.4 Å². The monoisotopic (exact) mass is 417 g/mol. The van der Waals surface area contributed by atoms with Gasteiger partial charge in [0.15, 0.2) is 4.34 Å². The van der Waals surface area contributed by atoms with Crippen LogP contribution < -0.4 is 10.6 Å². The van der Waals surface area contributed by atoms with Crippen molar-refractivity contribution in [3.8, 4) is 0 Å². The van der Waals surface area contributed by atoms with Crippen molar-refractivity contribution < 1.29 is 4.79 Å². The first-order valence-corrected chi connectivity index (χ1v) is 10.9. The summed E-state index contributed by atoms with van der Waals surface area (Å²) in [5.41, 5.74) is 2.91. The lowest BCUT2D eigenvalue weighted by molar-refractivity contribution is -0.115. The Morgan fingerprint density at radius 2 is 2.11 bits per heavy atom. The zero-order valence-electron chi connectivity index (χ0n) is 14.8. The molecule has 0 spiro atoms. The minimum absolute atomic E-state index is 0.0607. The van der Waals surface area contributed by atoms with E-state index in [1.54, 1.807) is 17.8 Å². The van der Waals surface area contributed by atoms with E-state index in [1.165, 1.54) is 22.7 Å². The quantitative estimate of drug-likeness (QED) is 0.397. The first-order chi connectivity index (χ1) is 13.1. The lowest BCUT2D eigenvalue weighted by atomic mass is 10.2. The van der Waals surface area contributed by atoms with Gasteiger partial charge in [-0.2, -0.15) is 0 Å². The van der Waals surface area contributed by atoms with Crippen LogP contribution in [0.15, 0.2) is 46.6 Å². The Hall–Kier alpha value is -2.23. The number of carbonyl (C=O) groups is 1. The molecule has 1 amide bonds. The fourth-order valence-electron chi connectivity index (χ4n) is 2.11. The van der Waals surface area contributed by atoms with E-state index in [0.29, 0.717) is 12.3 Å². The molecule has 140 valence electrons. The maximum Gasteiger partial charge on any atom is 0.231 e. The van der Waals surface area contributed by atoms with Crippen molar-refractivity contribution in [3.63, 3.8) is 0 Å². The van der Waals surface area contributed by atoms with Gasteiger partial charge in [0.2, 0.25) is 11.0 Å². The van der Waals surface area contributed by atoms with Gasteiger partial charge >= 0.3 is 0 Å². The molecular weight excluding hydrogens is 398 g/mol. The number of hydrogen-bond donors (Lipinski definition) is 2. The van der Waals surface area contributed by atoms with E-state index in [1.807, 2.05) is 36.6 Å². The summed E-state index contributed by atoms with van der Waals surface area (Å²) < 4.78 is 0.883. The number of anilines is 2. The lowest BCUT2D eigenvalue weighted by Crippen LogP contribution is -2.14. The van der Waals surface area contributed by atoms with Crippen molar-refractivity contribution in [1.29, 1.82) is 0 Å². The zero-order valence-corrected chi connectivity index (χ0v) is 17.2. The maximum absolute atomic E-state index is 12.2. The van der Waals surface area contributed by atoms with Crippen LogP contribution in [-0.2, 0) is 17.0 Å². The van der Waals surface area contributed by atoms with E-state index >= 15 is 0 Å². The van der Waals surface area contributed by atoms with Gasteiger partial charge < -0.3 is 10.6 Å². The third-order valence-corrected chi connectivity index (χ3v) is 6.34. The number of amides is 1. The predicted octanol–water partition coefficient (Wildman–Crippen LogP) is 4.37. The maximum atomic E-state index is 12.2. The van der Waals surface area contributed by atoms with Crippen LogP contribution in [0.4, 0.5) is 10.8 Å². The molecule has 0 saturated heterocycles. The van der Waals surface area contributed by atoms with Crippen molar-refractivity contribution in [2.24, 2.45) is 0 Å². The van der Waals surface area contributed by atoms with Crippen LogP contribution >= 0.6 is 34.4 Å². The molecule has 27 heavy (non-hydrogen) atoms. The molecule has 1 aromatic carbocycles. The van der Waals surface area contributed by atoms with Gasteiger partial charge in [0.1, 0.15) is 5.01 Å². The average molecular weight is 418 g/mol. The molecule has 6 nitrogen and oxygen atoms in total. The molecular formula is C18H19N5OS3. The molecule has 0 aliphatic rings. The number of hydrogen-bond acceptors (Lipinski definition) is 8. The minimum atomic E-state index is -0.0607. The molecule has 0 fully saturated rings. The van der Waals surface area contributed by atoms with Crippen LogP contribution in [0.5, 0.6) is 0 Å². The van der Waals surface area contributed by atoms with E-state index in [0.717, 1.165) is 31.4 Å². The summed E-state index contributed by atoms with van der Waals surface area (Å²) in [5, 5.41) is 17.8. The molecule has 0 bridgehead atoms. The number of aryl methyl sites for hydroxylation is 1. The number of rotatable bonds is 9. The highest BCUT2D eigenvalue weighted by Crippen LogP contribution is 2.28. The molecule has 2 N–H and O–H groups in total. The smallest absolute Gasteiger partial charge is 0.231 e. The van der Waals surface area contributed by atoms with Gasteiger partial charge in [0.25, 0.3) is 0 Å². The Morgan fingerprint density at radius 1 is 1.30 bits per heavy atom. The summed E-state index contributed by atoms with van der Waals surface area (Å²) in [6, 6.07) is 7.75. The second kappa shape index (κ2) is 9.63. The molecule has 2 aromatic heterocycles. The van der Waals surface area contributed by atoms with Gasteiger partial charge in [-0.25, -0.2) is 4.98 Å². The summed E-state index contributed by atoms with van der Waals surface area (Å²) in [6.07, 6.45) is 2.05. The Balaban J connectivity index is 1.47. The number of thioether (sulfide) groups is 1. The van der Waals surface area contributed by atoms with Crippen LogP contribution in [0.25, 0.3) is 0 Å². The molecule has 9 heteroatoms. The van der Waals surface area contributed by atoms with Gasteiger partial charge in [-0.05, 0) is 19.1 Å². The number of nitrogens with one attached hydrogen (secondary N) is 2. The predicted molar refractivity (Wildman–Crippen MR) is 114 cm³/mol. The Bertz CT molecular complexity index is 904. The number of carbonyl (C=O) groups excluding carboxylic acids is 1. The van der Waals surface area contributed by atoms with Crippen molar-refractivity contribution in [1.82, 2.24) is 15.2 Å². The molecule has 0 aliphatic heterocycles. The molecule has 0 aliphatic carbocycles. The van der Waals surface area contributed by atoms with Crippen molar-refractivity contribution >= 4 is 51.2 Å². The molecule has 0 atom stereocenters. The van der Waals surface area contributed by atoms with E-state index in [4.69, 9.17) is 0 Å². The highest BCUT2D eigenvalue weighted by atomic mass is 32.2. The Labute approximate surface area is 170 Å². The standard InChI is InChI=1S/C18H19N5OS3/c1-3-8-19-17-22-23-18(27-17)26-11-14-10-25-16(21-14)9-15(24)20-13-6-4-12(2)5-7-13/h3-7,10H,1,8-9,11H2,2H3,(H,19,22)(H,20,24). The highest BCUT2D eigenvalue weighted by molar-refractivity contribution is 8.00. The van der Waals surface area contributed by atoms with E-state index in [-0.39, 0.29) is 12.3 Å². The van der Waals surface area contributed by atoms with E-state index < -0.39 is 0 Å². The van der Waals surface area contributed by atoms with Crippen LogP contribution in [-0.4, -0.2) is 27.6 Å². The number of thiazole rings is 1. The largest absolute Gasteiger partial charge is 0.357 e. The van der Waals surface area contributed by atoms with Crippen LogP contribution in [0.1, 0.15) is 16.3 Å². The van der Waals surface area contributed by atoms with Crippen molar-refractivity contribution in [2.45, 2.75) is 23.4 Å². The summed E-state index contributed by atoms with van der Waals surface area (Å²) in [5.74, 6) is 0.640. The average Bonchev–Trinajstić information content (AvgIpc) is 3.29. The Morgan fingerprint density at radius 3 is 2.89 bits per heavy atom. The summed E-state index contributed by atoms with van der Waals surface area (Å²) in [6.45, 7) is 6.34. The summed E-state index contributed by atoms with van der Waals surface area (Å²) >= 11 is 4.59. The molecule has 2 heterocycles. The zero-order chi connectivity index (χ0) is 19.1. The van der Waals surface area contributed by atoms with E-state index in [9.17, 15) is 4.79 Å². The van der Waals surface area contributed by atoms with Crippen molar-refractivity contribution in [3.05, 3.63) is 58.6 Å². The number of nitrogens with zero attached hydrogens (tertiary/aromatic N) is 3. The summed E-state index contributed by atoms with van der Waals surface area (Å²) in [7, 11) is 0. The van der Waals surface area contributed by atoms with Gasteiger partial charge in [-0.3, -0.25) is 4.79 Å². The van der Waals surface area contributed by atoms with Crippen LogP contribution in [0, 0.1) is 6.92 Å². The van der Waals surface area contributed by atoms with Gasteiger partial charge in [-0.1, -0.05) is 46.9 Å². The topological polar surface area (TPSA) is 79.8 Å². The molecule has 0 unspecified atom stereocenters. The SMILES string of the molecule is C=CCNc1nnc(SCc2csc(CC(=O)Nc3ccc(C)cc3)n2)s1. The van der Waals surface area contributed by atoms with Crippen LogP contribution in [0.2, 0.25) is 0 Å². The van der Waals surface area contributed by atoms with Crippen molar-refractivity contribution in [2.75, 3.05) is 17.2 Å². The fraction of sp³-hybridized carbons (Fsp3) is 0.222. The molecule has 0 radical (unpaired) electrons. The van der Waals surface area contributed by atoms with E-state index in [2.05, 4.69) is 32.4 Å². The fourth-order valence-corrected chi connectivity index (χ4v) is 4.66. The first kappa shape index (κ1) is 19.5. The third kappa shape index (κ3) is 6.16.